The van der Waals surface area contributed by atoms with E-state index >= 15 is 0 Å². The predicted molar refractivity (Wildman–Crippen MR) is 84.0 cm³/mol. The summed E-state index contributed by atoms with van der Waals surface area (Å²) in [6, 6.07) is 8.18. The largest absolute Gasteiger partial charge is 0.299 e. The lowest BCUT2D eigenvalue weighted by molar-refractivity contribution is -0.126. The molecule has 1 saturated carbocycles. The van der Waals surface area contributed by atoms with Gasteiger partial charge in [-0.05, 0) is 44.4 Å². The number of rotatable bonds is 4. The normalized spacial score (nSPS) is 24.9. The maximum absolute atomic E-state index is 12.0. The maximum Gasteiger partial charge on any atom is 0.137 e. The van der Waals surface area contributed by atoms with Crippen LogP contribution >= 0.6 is 11.6 Å². The highest BCUT2D eigenvalue weighted by Crippen LogP contribution is 2.30. The zero-order valence-corrected chi connectivity index (χ0v) is 13.4. The second-order valence-electron chi connectivity index (χ2n) is 6.18. The molecule has 1 aromatic rings. The maximum atomic E-state index is 12.0. The number of hydrogen-bond acceptors (Lipinski definition) is 2. The summed E-state index contributed by atoms with van der Waals surface area (Å²) in [5.74, 6) is 1.29. The average Bonchev–Trinajstić information content (AvgIpc) is 2.42. The summed E-state index contributed by atoms with van der Waals surface area (Å²) in [7, 11) is 2.08. The summed E-state index contributed by atoms with van der Waals surface area (Å²) < 4.78 is 0. The van der Waals surface area contributed by atoms with E-state index in [2.05, 4.69) is 31.9 Å². The van der Waals surface area contributed by atoms with Crippen LogP contribution in [0.25, 0.3) is 0 Å². The van der Waals surface area contributed by atoms with Crippen LogP contribution in [0.1, 0.15) is 44.7 Å². The minimum atomic E-state index is 0.189. The first-order valence-corrected chi connectivity index (χ1v) is 7.84. The first-order valence-electron chi connectivity index (χ1n) is 7.46. The Morgan fingerprint density at radius 2 is 2.10 bits per heavy atom. The van der Waals surface area contributed by atoms with Gasteiger partial charge in [0.1, 0.15) is 5.78 Å². The van der Waals surface area contributed by atoms with Gasteiger partial charge in [0.05, 0.1) is 0 Å². The molecule has 3 unspecified atom stereocenters. The Bertz CT molecular complexity index is 474. The summed E-state index contributed by atoms with van der Waals surface area (Å²) in [5.41, 5.74) is 1.13. The second kappa shape index (κ2) is 6.73. The van der Waals surface area contributed by atoms with Crippen LogP contribution in [0.15, 0.2) is 24.3 Å². The summed E-state index contributed by atoms with van der Waals surface area (Å²) in [5, 5.41) is 0.801. The fourth-order valence-electron chi connectivity index (χ4n) is 3.06. The molecule has 0 bridgehead atoms. The zero-order valence-electron chi connectivity index (χ0n) is 12.6. The van der Waals surface area contributed by atoms with E-state index in [0.717, 1.165) is 36.4 Å². The fourth-order valence-corrected chi connectivity index (χ4v) is 3.35. The van der Waals surface area contributed by atoms with Crippen LogP contribution in [-0.2, 0) is 4.79 Å². The molecular formula is C17H24ClNO. The highest BCUT2D eigenvalue weighted by atomic mass is 35.5. The number of ketones is 1. The lowest BCUT2D eigenvalue weighted by Gasteiger charge is -2.32. The van der Waals surface area contributed by atoms with E-state index in [1.807, 2.05) is 18.2 Å². The van der Waals surface area contributed by atoms with Crippen molar-refractivity contribution in [2.24, 2.45) is 11.8 Å². The third kappa shape index (κ3) is 3.62. The van der Waals surface area contributed by atoms with Crippen molar-refractivity contribution in [3.8, 4) is 0 Å². The van der Waals surface area contributed by atoms with E-state index in [1.54, 1.807) is 0 Å². The predicted octanol–water partition coefficient (Wildman–Crippen LogP) is 4.34. The van der Waals surface area contributed by atoms with Gasteiger partial charge in [-0.25, -0.2) is 0 Å². The van der Waals surface area contributed by atoms with Gasteiger partial charge in [-0.2, -0.15) is 0 Å². The molecule has 0 N–H and O–H groups in total. The van der Waals surface area contributed by atoms with Crippen molar-refractivity contribution in [3.05, 3.63) is 34.9 Å². The van der Waals surface area contributed by atoms with Crippen LogP contribution in [0.2, 0.25) is 5.02 Å². The Hall–Kier alpha value is -0.860. The Balaban J connectivity index is 2.02. The quantitative estimate of drug-likeness (QED) is 0.823. The minimum Gasteiger partial charge on any atom is -0.299 e. The molecule has 1 aliphatic carbocycles. The molecule has 0 saturated heterocycles. The number of carbonyl (C=O) groups is 1. The van der Waals surface area contributed by atoms with Crippen molar-refractivity contribution in [2.45, 2.75) is 39.2 Å². The molecule has 1 aliphatic rings. The highest BCUT2D eigenvalue weighted by molar-refractivity contribution is 6.31. The summed E-state index contributed by atoms with van der Waals surface area (Å²) in [6.07, 6.45) is 2.83. The molecule has 0 aromatic heterocycles. The van der Waals surface area contributed by atoms with E-state index in [4.69, 9.17) is 11.6 Å². The first kappa shape index (κ1) is 15.5. The Labute approximate surface area is 127 Å². The van der Waals surface area contributed by atoms with Gasteiger partial charge in [-0.15, -0.1) is 0 Å². The third-order valence-corrected chi connectivity index (χ3v) is 4.89. The van der Waals surface area contributed by atoms with Gasteiger partial charge in [-0.3, -0.25) is 9.69 Å². The van der Waals surface area contributed by atoms with Gasteiger partial charge in [0.2, 0.25) is 0 Å². The third-order valence-electron chi connectivity index (χ3n) is 4.55. The molecular weight excluding hydrogens is 270 g/mol. The van der Waals surface area contributed by atoms with Gasteiger partial charge in [0.15, 0.2) is 0 Å². The monoisotopic (exact) mass is 293 g/mol. The molecule has 110 valence electrons. The number of benzene rings is 1. The molecule has 20 heavy (non-hydrogen) atoms. The van der Waals surface area contributed by atoms with E-state index in [9.17, 15) is 4.79 Å². The van der Waals surface area contributed by atoms with E-state index in [0.29, 0.717) is 11.7 Å². The summed E-state index contributed by atoms with van der Waals surface area (Å²) >= 11 is 6.26. The van der Waals surface area contributed by atoms with Crippen LogP contribution in [0.3, 0.4) is 0 Å². The fraction of sp³-hybridized carbons (Fsp3) is 0.588. The number of nitrogens with zero attached hydrogens (tertiary/aromatic N) is 1. The topological polar surface area (TPSA) is 20.3 Å². The van der Waals surface area contributed by atoms with E-state index in [1.165, 1.54) is 0 Å². The molecule has 1 aromatic carbocycles. The van der Waals surface area contributed by atoms with Crippen molar-refractivity contribution >= 4 is 17.4 Å². The van der Waals surface area contributed by atoms with Gasteiger partial charge < -0.3 is 0 Å². The smallest absolute Gasteiger partial charge is 0.137 e. The zero-order chi connectivity index (χ0) is 14.7. The Morgan fingerprint density at radius 1 is 1.40 bits per heavy atom. The van der Waals surface area contributed by atoms with Crippen LogP contribution < -0.4 is 0 Å². The second-order valence-corrected chi connectivity index (χ2v) is 6.59. The lowest BCUT2D eigenvalue weighted by atomic mass is 9.81. The molecule has 1 fully saturated rings. The van der Waals surface area contributed by atoms with Gasteiger partial charge in [0.25, 0.3) is 0 Å². The first-order chi connectivity index (χ1) is 9.49. The van der Waals surface area contributed by atoms with Crippen molar-refractivity contribution in [1.29, 1.82) is 0 Å². The molecule has 2 rings (SSSR count). The van der Waals surface area contributed by atoms with E-state index in [-0.39, 0.29) is 12.0 Å². The van der Waals surface area contributed by atoms with E-state index < -0.39 is 0 Å². The molecule has 3 atom stereocenters. The molecule has 0 aliphatic heterocycles. The minimum absolute atomic E-state index is 0.189. The van der Waals surface area contributed by atoms with Crippen molar-refractivity contribution in [1.82, 2.24) is 4.90 Å². The Morgan fingerprint density at radius 3 is 2.80 bits per heavy atom. The van der Waals surface area contributed by atoms with Crippen LogP contribution in [0.4, 0.5) is 0 Å². The van der Waals surface area contributed by atoms with Crippen LogP contribution in [0, 0.1) is 11.8 Å². The number of carbonyl (C=O) groups excluding carboxylic acids is 1. The lowest BCUT2D eigenvalue weighted by Crippen LogP contribution is -2.35. The molecule has 0 amide bonds. The molecule has 2 nitrogen and oxygen atoms in total. The van der Waals surface area contributed by atoms with Crippen LogP contribution in [-0.4, -0.2) is 24.3 Å². The average molecular weight is 294 g/mol. The number of hydrogen-bond donors (Lipinski definition) is 0. The van der Waals surface area contributed by atoms with Gasteiger partial charge >= 0.3 is 0 Å². The van der Waals surface area contributed by atoms with Crippen molar-refractivity contribution in [3.63, 3.8) is 0 Å². The van der Waals surface area contributed by atoms with Crippen LogP contribution in [0.5, 0.6) is 0 Å². The molecule has 0 heterocycles. The van der Waals surface area contributed by atoms with Gasteiger partial charge in [-0.1, -0.05) is 36.7 Å². The Kier molecular flexibility index (Phi) is 5.22. The summed E-state index contributed by atoms with van der Waals surface area (Å²) in [4.78, 5) is 14.3. The van der Waals surface area contributed by atoms with Crippen molar-refractivity contribution < 1.29 is 4.79 Å². The van der Waals surface area contributed by atoms with Crippen molar-refractivity contribution in [2.75, 3.05) is 13.6 Å². The number of Topliss-reactive ketones (excluding diaryl/α,β-unsaturated/α-hetero) is 1. The highest BCUT2D eigenvalue weighted by Gasteiger charge is 2.28. The van der Waals surface area contributed by atoms with Gasteiger partial charge in [0, 0.05) is 29.9 Å². The molecule has 0 spiro atoms. The molecule has 3 heteroatoms. The number of halogens is 1. The standard InChI is InChI=1S/C17H24ClNO/c1-12-8-9-17(20)14(10-12)11-19(3)13(2)15-6-4-5-7-16(15)18/h4-7,12-14H,8-11H2,1-3H3. The SMILES string of the molecule is CC1CCC(=O)C(CN(C)C(C)c2ccccc2Cl)C1. The molecule has 0 radical (unpaired) electrons. The summed E-state index contributed by atoms with van der Waals surface area (Å²) in [6.45, 7) is 5.23.